The predicted molar refractivity (Wildman–Crippen MR) is 80.7 cm³/mol. The van der Waals surface area contributed by atoms with Gasteiger partial charge < -0.3 is 10.1 Å². The van der Waals surface area contributed by atoms with Gasteiger partial charge in [-0.25, -0.2) is 9.18 Å². The summed E-state index contributed by atoms with van der Waals surface area (Å²) in [5.74, 6) is -0.484. The van der Waals surface area contributed by atoms with Gasteiger partial charge in [-0.05, 0) is 48.9 Å². The van der Waals surface area contributed by atoms with Gasteiger partial charge in [0.15, 0.2) is 0 Å². The summed E-state index contributed by atoms with van der Waals surface area (Å²) in [6.07, 6.45) is -0.272. The zero-order valence-electron chi connectivity index (χ0n) is 12.9. The number of rotatable bonds is 3. The van der Waals surface area contributed by atoms with Crippen molar-refractivity contribution in [1.82, 2.24) is 20.2 Å². The number of ether oxygens (including phenoxy) is 1. The Kier molecular flexibility index (Phi) is 3.81. The van der Waals surface area contributed by atoms with Gasteiger partial charge in [-0.2, -0.15) is 4.68 Å². The number of halogens is 1. The van der Waals surface area contributed by atoms with E-state index in [1.54, 1.807) is 32.9 Å². The van der Waals surface area contributed by atoms with Crippen LogP contribution < -0.4 is 5.32 Å². The molecule has 23 heavy (non-hydrogen) atoms. The van der Waals surface area contributed by atoms with Gasteiger partial charge in [0, 0.05) is 0 Å². The van der Waals surface area contributed by atoms with Crippen LogP contribution in [-0.2, 0) is 9.53 Å². The summed E-state index contributed by atoms with van der Waals surface area (Å²) in [5, 5.41) is 14.4. The van der Waals surface area contributed by atoms with Crippen molar-refractivity contribution in [2.75, 3.05) is 5.32 Å². The lowest BCUT2D eigenvalue weighted by atomic mass is 9.95. The molecule has 1 aliphatic heterocycles. The summed E-state index contributed by atoms with van der Waals surface area (Å²) in [6.45, 7) is 5.26. The van der Waals surface area contributed by atoms with E-state index in [2.05, 4.69) is 20.8 Å². The Morgan fingerprint density at radius 3 is 2.91 bits per heavy atom. The second kappa shape index (κ2) is 5.79. The average Bonchev–Trinajstić information content (AvgIpc) is 2.95. The van der Waals surface area contributed by atoms with E-state index in [0.717, 1.165) is 0 Å². The fourth-order valence-electron chi connectivity index (χ4n) is 2.51. The molecular formula is C15H16FN5O2. The number of nitrogens with one attached hydrogen (secondary N) is 1. The predicted octanol–water partition coefficient (Wildman–Crippen LogP) is 2.16. The standard InChI is InChI=1S/C15H16FN5O2/c1-8(2)23-14(22)12-9(3)21-15(18-19-20-21)17-13(12)10-5-4-6-11(16)7-10/h4-8,13H,1-3H3,(H,17,18,20). The number of esters is 1. The molecule has 0 saturated heterocycles. The van der Waals surface area contributed by atoms with E-state index in [0.29, 0.717) is 22.8 Å². The van der Waals surface area contributed by atoms with Gasteiger partial charge in [-0.1, -0.05) is 17.2 Å². The maximum Gasteiger partial charge on any atom is 0.338 e. The molecule has 1 N–H and O–H groups in total. The maximum atomic E-state index is 13.6. The first-order valence-electron chi connectivity index (χ1n) is 7.20. The van der Waals surface area contributed by atoms with Crippen LogP contribution in [0, 0.1) is 5.82 Å². The second-order valence-electron chi connectivity index (χ2n) is 5.50. The molecule has 8 heteroatoms. The molecule has 1 aromatic carbocycles. The number of anilines is 1. The average molecular weight is 317 g/mol. The van der Waals surface area contributed by atoms with Crippen molar-refractivity contribution < 1.29 is 13.9 Å². The molecule has 120 valence electrons. The van der Waals surface area contributed by atoms with Crippen molar-refractivity contribution in [3.05, 3.63) is 41.2 Å². The first-order chi connectivity index (χ1) is 11.0. The van der Waals surface area contributed by atoms with Crippen molar-refractivity contribution >= 4 is 17.6 Å². The van der Waals surface area contributed by atoms with E-state index in [4.69, 9.17) is 4.74 Å². The Morgan fingerprint density at radius 1 is 1.43 bits per heavy atom. The Hall–Kier alpha value is -2.77. The minimum absolute atomic E-state index is 0.272. The van der Waals surface area contributed by atoms with Crippen molar-refractivity contribution in [3.63, 3.8) is 0 Å². The van der Waals surface area contributed by atoms with Crippen molar-refractivity contribution in [2.24, 2.45) is 0 Å². The van der Waals surface area contributed by atoms with Crippen LogP contribution in [0.3, 0.4) is 0 Å². The van der Waals surface area contributed by atoms with Crippen LogP contribution in [0.4, 0.5) is 10.3 Å². The number of aromatic nitrogens is 4. The number of fused-ring (bicyclic) bond motifs is 1. The number of tetrazole rings is 1. The monoisotopic (exact) mass is 317 g/mol. The molecule has 7 nitrogen and oxygen atoms in total. The zero-order valence-corrected chi connectivity index (χ0v) is 12.9. The number of benzene rings is 1. The van der Waals surface area contributed by atoms with Crippen LogP contribution in [0.1, 0.15) is 32.4 Å². The summed E-state index contributed by atoms with van der Waals surface area (Å²) in [4.78, 5) is 12.5. The summed E-state index contributed by atoms with van der Waals surface area (Å²) in [5.41, 5.74) is 1.49. The normalized spacial score (nSPS) is 17.0. The molecule has 2 aromatic rings. The molecule has 2 heterocycles. The van der Waals surface area contributed by atoms with Crippen molar-refractivity contribution in [3.8, 4) is 0 Å². The third-order valence-electron chi connectivity index (χ3n) is 3.48. The van der Waals surface area contributed by atoms with Crippen molar-refractivity contribution in [1.29, 1.82) is 0 Å². The number of carbonyl (C=O) groups excluding carboxylic acids is 1. The molecule has 1 atom stereocenters. The van der Waals surface area contributed by atoms with Gasteiger partial charge in [0.2, 0.25) is 5.95 Å². The van der Waals surface area contributed by atoms with E-state index < -0.39 is 12.0 Å². The molecule has 0 spiro atoms. The van der Waals surface area contributed by atoms with E-state index >= 15 is 0 Å². The molecule has 1 unspecified atom stereocenters. The minimum atomic E-state index is -0.588. The number of nitrogens with zero attached hydrogens (tertiary/aromatic N) is 4. The highest BCUT2D eigenvalue weighted by molar-refractivity contribution is 5.97. The summed E-state index contributed by atoms with van der Waals surface area (Å²) in [6, 6.07) is 5.45. The highest BCUT2D eigenvalue weighted by Crippen LogP contribution is 2.35. The fraction of sp³-hybridized carbons (Fsp3) is 0.333. The molecule has 0 radical (unpaired) electrons. The van der Waals surface area contributed by atoms with Crippen LogP contribution in [0.2, 0.25) is 0 Å². The van der Waals surface area contributed by atoms with E-state index in [-0.39, 0.29) is 11.9 Å². The molecule has 0 amide bonds. The highest BCUT2D eigenvalue weighted by atomic mass is 19.1. The lowest BCUT2D eigenvalue weighted by molar-refractivity contribution is -0.142. The first kappa shape index (κ1) is 15.1. The van der Waals surface area contributed by atoms with Crippen LogP contribution >= 0.6 is 0 Å². The van der Waals surface area contributed by atoms with Gasteiger partial charge in [0.05, 0.1) is 23.4 Å². The van der Waals surface area contributed by atoms with Crippen LogP contribution in [0.5, 0.6) is 0 Å². The Balaban J connectivity index is 2.10. The van der Waals surface area contributed by atoms with E-state index in [1.807, 2.05) is 0 Å². The third kappa shape index (κ3) is 2.79. The van der Waals surface area contributed by atoms with Gasteiger partial charge in [-0.15, -0.1) is 0 Å². The van der Waals surface area contributed by atoms with E-state index in [1.165, 1.54) is 16.8 Å². The Morgan fingerprint density at radius 2 is 2.22 bits per heavy atom. The SMILES string of the molecule is CC1=C(C(=O)OC(C)C)C(c2cccc(F)c2)Nc2nnnn21. The molecule has 0 bridgehead atoms. The molecule has 1 aromatic heterocycles. The maximum absolute atomic E-state index is 13.6. The summed E-state index contributed by atoms with van der Waals surface area (Å²) >= 11 is 0. The van der Waals surface area contributed by atoms with Crippen LogP contribution in [0.15, 0.2) is 29.8 Å². The highest BCUT2D eigenvalue weighted by Gasteiger charge is 2.34. The van der Waals surface area contributed by atoms with Gasteiger partial charge in [0.1, 0.15) is 5.82 Å². The lowest BCUT2D eigenvalue weighted by Gasteiger charge is -2.28. The topological polar surface area (TPSA) is 81.9 Å². The Bertz CT molecular complexity index is 784. The number of hydrogen-bond acceptors (Lipinski definition) is 6. The molecule has 1 aliphatic rings. The second-order valence-corrected chi connectivity index (χ2v) is 5.50. The van der Waals surface area contributed by atoms with Crippen molar-refractivity contribution in [2.45, 2.75) is 32.9 Å². The molecule has 0 aliphatic carbocycles. The van der Waals surface area contributed by atoms with E-state index in [9.17, 15) is 9.18 Å². The third-order valence-corrected chi connectivity index (χ3v) is 3.48. The first-order valence-corrected chi connectivity index (χ1v) is 7.20. The number of hydrogen-bond donors (Lipinski definition) is 1. The zero-order chi connectivity index (χ0) is 16.6. The number of carbonyl (C=O) groups is 1. The molecule has 0 saturated carbocycles. The largest absolute Gasteiger partial charge is 0.459 e. The summed E-state index contributed by atoms with van der Waals surface area (Å²) < 4.78 is 20.3. The fourth-order valence-corrected chi connectivity index (χ4v) is 2.51. The molecule has 3 rings (SSSR count). The molecule has 0 fully saturated rings. The van der Waals surface area contributed by atoms with Gasteiger partial charge >= 0.3 is 5.97 Å². The number of allylic oxidation sites excluding steroid dienone is 1. The van der Waals surface area contributed by atoms with Gasteiger partial charge in [-0.3, -0.25) is 0 Å². The quantitative estimate of drug-likeness (QED) is 0.874. The minimum Gasteiger partial charge on any atom is -0.459 e. The Labute approximate surface area is 132 Å². The van der Waals surface area contributed by atoms with Crippen LogP contribution in [0.25, 0.3) is 5.70 Å². The molecular weight excluding hydrogens is 301 g/mol. The summed E-state index contributed by atoms with van der Waals surface area (Å²) in [7, 11) is 0. The smallest absolute Gasteiger partial charge is 0.338 e. The van der Waals surface area contributed by atoms with Crippen LogP contribution in [-0.4, -0.2) is 32.3 Å². The van der Waals surface area contributed by atoms with Gasteiger partial charge in [0.25, 0.3) is 0 Å². The lowest BCUT2D eigenvalue weighted by Crippen LogP contribution is -2.29.